The van der Waals surface area contributed by atoms with Crippen molar-refractivity contribution in [3.63, 3.8) is 0 Å². The second kappa shape index (κ2) is 7.96. The second-order valence-electron chi connectivity index (χ2n) is 6.90. The van der Waals surface area contributed by atoms with Crippen LogP contribution in [0.5, 0.6) is 0 Å². The van der Waals surface area contributed by atoms with E-state index in [0.29, 0.717) is 11.5 Å². The van der Waals surface area contributed by atoms with E-state index >= 15 is 0 Å². The molecule has 3 aliphatic heterocycles. The molecule has 3 saturated heterocycles. The first-order chi connectivity index (χ1) is 12.7. The van der Waals surface area contributed by atoms with Crippen LogP contribution in [-0.4, -0.2) is 72.0 Å². The van der Waals surface area contributed by atoms with Crippen molar-refractivity contribution in [3.05, 3.63) is 0 Å². The van der Waals surface area contributed by atoms with E-state index in [9.17, 15) is 22.8 Å². The lowest BCUT2D eigenvalue weighted by molar-refractivity contribution is -0.132. The number of hydroxylamine groups is 2. The molecule has 13 heteroatoms. The van der Waals surface area contributed by atoms with Crippen LogP contribution < -0.4 is 16.2 Å². The molecular formula is C14H23N5O7S. The van der Waals surface area contributed by atoms with Crippen molar-refractivity contribution in [2.45, 2.75) is 56.7 Å². The number of piperidine rings is 2. The van der Waals surface area contributed by atoms with Crippen molar-refractivity contribution >= 4 is 28.2 Å². The number of carbonyl (C=O) groups is 3. The zero-order valence-electron chi connectivity index (χ0n) is 14.6. The summed E-state index contributed by atoms with van der Waals surface area (Å²) in [5.41, 5.74) is 4.67. The van der Waals surface area contributed by atoms with E-state index in [4.69, 9.17) is 4.55 Å². The fourth-order valence-electron chi connectivity index (χ4n) is 3.69. The molecule has 0 spiro atoms. The third-order valence-electron chi connectivity index (χ3n) is 4.97. The standard InChI is InChI=1S/C14H23N5O7S/c20-12(7-9-3-1-2-6-15-9)16-17-13(21)11-5-4-10-8-18(11)14(22)19(10)26-27(23,24)25/h9-11,15H,1-8H2,(H,16,20)(H,17,21)(H,23,24,25)/t9-,10+,11-/m0/s1. The zero-order valence-corrected chi connectivity index (χ0v) is 15.4. The minimum Gasteiger partial charge on any atom is -0.313 e. The average Bonchev–Trinajstić information content (AvgIpc) is 2.84. The molecule has 0 aromatic heterocycles. The number of rotatable bonds is 5. The first-order valence-electron chi connectivity index (χ1n) is 8.83. The van der Waals surface area contributed by atoms with Crippen LogP contribution >= 0.6 is 0 Å². The van der Waals surface area contributed by atoms with Crippen molar-refractivity contribution in [2.24, 2.45) is 0 Å². The molecule has 0 unspecified atom stereocenters. The smallest absolute Gasteiger partial charge is 0.313 e. The minimum atomic E-state index is -4.84. The van der Waals surface area contributed by atoms with Crippen molar-refractivity contribution in [1.29, 1.82) is 0 Å². The fourth-order valence-corrected chi connectivity index (χ4v) is 4.08. The van der Waals surface area contributed by atoms with Crippen LogP contribution in [0, 0.1) is 0 Å². The molecule has 0 saturated carbocycles. The third kappa shape index (κ3) is 4.86. The Morgan fingerprint density at radius 3 is 2.67 bits per heavy atom. The topological polar surface area (TPSA) is 157 Å². The molecule has 0 radical (unpaired) electrons. The van der Waals surface area contributed by atoms with E-state index in [1.54, 1.807) is 0 Å². The van der Waals surface area contributed by atoms with E-state index in [1.807, 2.05) is 0 Å². The highest BCUT2D eigenvalue weighted by Gasteiger charge is 2.49. The third-order valence-corrected chi connectivity index (χ3v) is 5.32. The molecule has 4 N–H and O–H groups in total. The molecule has 0 aromatic rings. The van der Waals surface area contributed by atoms with Crippen LogP contribution in [0.2, 0.25) is 0 Å². The van der Waals surface area contributed by atoms with Gasteiger partial charge in [-0.25, -0.2) is 4.79 Å². The Hall–Kier alpha value is -1.96. The van der Waals surface area contributed by atoms with Gasteiger partial charge < -0.3 is 10.2 Å². The van der Waals surface area contributed by atoms with Gasteiger partial charge in [0.05, 0.1) is 6.04 Å². The van der Waals surface area contributed by atoms with Crippen LogP contribution in [0.3, 0.4) is 0 Å². The Morgan fingerprint density at radius 2 is 2.00 bits per heavy atom. The first kappa shape index (κ1) is 19.8. The Labute approximate surface area is 156 Å². The van der Waals surface area contributed by atoms with E-state index in [0.717, 1.165) is 30.7 Å². The molecule has 3 aliphatic rings. The Kier molecular flexibility index (Phi) is 5.83. The number of hydrogen-bond acceptors (Lipinski definition) is 7. The Balaban J connectivity index is 1.50. The lowest BCUT2D eigenvalue weighted by atomic mass is 10.0. The van der Waals surface area contributed by atoms with Crippen molar-refractivity contribution in [1.82, 2.24) is 26.1 Å². The van der Waals surface area contributed by atoms with Gasteiger partial charge in [0, 0.05) is 19.0 Å². The lowest BCUT2D eigenvalue weighted by Gasteiger charge is -2.29. The van der Waals surface area contributed by atoms with Crippen LogP contribution in [0.15, 0.2) is 0 Å². The van der Waals surface area contributed by atoms with Gasteiger partial charge >= 0.3 is 16.4 Å². The monoisotopic (exact) mass is 405 g/mol. The summed E-state index contributed by atoms with van der Waals surface area (Å²) in [7, 11) is -4.84. The number of fused-ring (bicyclic) bond motifs is 2. The van der Waals surface area contributed by atoms with Gasteiger partial charge in [-0.05, 0) is 32.2 Å². The predicted octanol–water partition coefficient (Wildman–Crippen LogP) is -1.33. The molecule has 152 valence electrons. The van der Waals surface area contributed by atoms with E-state index in [1.165, 1.54) is 0 Å². The summed E-state index contributed by atoms with van der Waals surface area (Å²) >= 11 is 0. The quantitative estimate of drug-likeness (QED) is 0.324. The normalized spacial score (nSPS) is 28.2. The number of hydrogen-bond donors (Lipinski definition) is 4. The molecular weight excluding hydrogens is 382 g/mol. The number of nitrogens with one attached hydrogen (secondary N) is 3. The Morgan fingerprint density at radius 1 is 1.22 bits per heavy atom. The number of carbonyl (C=O) groups excluding carboxylic acids is 3. The van der Waals surface area contributed by atoms with E-state index < -0.39 is 34.4 Å². The number of hydrazine groups is 1. The summed E-state index contributed by atoms with van der Waals surface area (Å²) in [6.07, 6.45) is 3.87. The molecule has 0 aromatic carbocycles. The number of urea groups is 1. The second-order valence-corrected chi connectivity index (χ2v) is 7.90. The largest absolute Gasteiger partial charge is 0.418 e. The van der Waals surface area contributed by atoms with Crippen LogP contribution in [0.1, 0.15) is 38.5 Å². The lowest BCUT2D eigenvalue weighted by Crippen LogP contribution is -2.54. The van der Waals surface area contributed by atoms with Gasteiger partial charge in [-0.1, -0.05) is 6.42 Å². The van der Waals surface area contributed by atoms with Crippen LogP contribution in [0.4, 0.5) is 4.79 Å². The molecule has 4 amide bonds. The van der Waals surface area contributed by atoms with Gasteiger partial charge in [-0.3, -0.25) is 25.0 Å². The molecule has 0 aliphatic carbocycles. The maximum atomic E-state index is 12.4. The summed E-state index contributed by atoms with van der Waals surface area (Å²) in [5.74, 6) is -0.902. The minimum absolute atomic E-state index is 0.0809. The van der Waals surface area contributed by atoms with Gasteiger partial charge in [0.15, 0.2) is 0 Å². The van der Waals surface area contributed by atoms with Gasteiger partial charge in [-0.15, -0.1) is 4.28 Å². The first-order valence-corrected chi connectivity index (χ1v) is 10.2. The van der Waals surface area contributed by atoms with E-state index in [-0.39, 0.29) is 31.3 Å². The molecule has 2 bridgehead atoms. The average molecular weight is 405 g/mol. The maximum Gasteiger partial charge on any atom is 0.418 e. The molecule has 3 rings (SSSR count). The molecule has 12 nitrogen and oxygen atoms in total. The highest BCUT2D eigenvalue weighted by molar-refractivity contribution is 7.80. The van der Waals surface area contributed by atoms with E-state index in [2.05, 4.69) is 20.5 Å². The highest BCUT2D eigenvalue weighted by atomic mass is 32.3. The fraction of sp³-hybridized carbons (Fsp3) is 0.786. The van der Waals surface area contributed by atoms with Crippen LogP contribution in [0.25, 0.3) is 0 Å². The summed E-state index contributed by atoms with van der Waals surface area (Å²) < 4.78 is 34.8. The maximum absolute atomic E-state index is 12.4. The van der Waals surface area contributed by atoms with Gasteiger partial charge in [0.2, 0.25) is 5.91 Å². The molecule has 27 heavy (non-hydrogen) atoms. The highest BCUT2D eigenvalue weighted by Crippen LogP contribution is 2.30. The number of nitrogens with zero attached hydrogens (tertiary/aromatic N) is 2. The number of amides is 4. The summed E-state index contributed by atoms with van der Waals surface area (Å²) in [6, 6.07) is -2.18. The van der Waals surface area contributed by atoms with Crippen molar-refractivity contribution in [3.8, 4) is 0 Å². The van der Waals surface area contributed by atoms with Crippen molar-refractivity contribution in [2.75, 3.05) is 13.1 Å². The van der Waals surface area contributed by atoms with Crippen LogP contribution in [-0.2, 0) is 24.3 Å². The SMILES string of the molecule is O=C(C[C@@H]1CCCCN1)NNC(=O)[C@@H]1CC[C@@H]2CN1C(=O)N2OS(=O)(=O)O. The van der Waals surface area contributed by atoms with Crippen molar-refractivity contribution < 1.29 is 31.6 Å². The van der Waals surface area contributed by atoms with Gasteiger partial charge in [0.1, 0.15) is 6.04 Å². The summed E-state index contributed by atoms with van der Waals surface area (Å²) in [5, 5.41) is 3.80. The summed E-state index contributed by atoms with van der Waals surface area (Å²) in [4.78, 5) is 37.7. The predicted molar refractivity (Wildman–Crippen MR) is 89.9 cm³/mol. The van der Waals surface area contributed by atoms with Gasteiger partial charge in [0.25, 0.3) is 5.91 Å². The van der Waals surface area contributed by atoms with Gasteiger partial charge in [-0.2, -0.15) is 13.5 Å². The Bertz CT molecular complexity index is 709. The molecule has 3 atom stereocenters. The summed E-state index contributed by atoms with van der Waals surface area (Å²) in [6.45, 7) is 0.957. The molecule has 3 heterocycles. The zero-order chi connectivity index (χ0) is 19.6. The molecule has 3 fully saturated rings.